The van der Waals surface area contributed by atoms with Gasteiger partial charge >= 0.3 is 0 Å². The summed E-state index contributed by atoms with van der Waals surface area (Å²) in [6.45, 7) is 2.14. The Morgan fingerprint density at radius 3 is 2.05 bits per heavy atom. The van der Waals surface area contributed by atoms with E-state index >= 15 is 0 Å². The Labute approximate surface area is 125 Å². The summed E-state index contributed by atoms with van der Waals surface area (Å²) in [7, 11) is 0. The van der Waals surface area contributed by atoms with Gasteiger partial charge in [0.1, 0.15) is 5.75 Å². The maximum absolute atomic E-state index is 10.7. The van der Waals surface area contributed by atoms with Crippen molar-refractivity contribution in [3.05, 3.63) is 78.4 Å². The number of phenols is 1. The number of hydrogen-bond donors (Lipinski definition) is 1. The smallest absolute Gasteiger partial charge is 0.131 e. The fourth-order valence-electron chi connectivity index (χ4n) is 2.70. The third kappa shape index (κ3) is 2.55. The van der Waals surface area contributed by atoms with Crippen molar-refractivity contribution in [1.29, 1.82) is 0 Å². The quantitative estimate of drug-likeness (QED) is 0.688. The average Bonchev–Trinajstić information content (AvgIpc) is 2.56. The van der Waals surface area contributed by atoms with Gasteiger partial charge in [-0.3, -0.25) is 0 Å². The van der Waals surface area contributed by atoms with Crippen LogP contribution in [0.4, 0.5) is 0 Å². The Kier molecular flexibility index (Phi) is 3.74. The molecule has 104 valence electrons. The van der Waals surface area contributed by atoms with E-state index in [-0.39, 0.29) is 0 Å². The monoisotopic (exact) mass is 274 g/mol. The first-order valence-corrected chi connectivity index (χ1v) is 7.27. The molecule has 0 aliphatic carbocycles. The third-order valence-corrected chi connectivity index (χ3v) is 3.81. The lowest BCUT2D eigenvalue weighted by atomic mass is 9.94. The van der Waals surface area contributed by atoms with Crippen molar-refractivity contribution in [2.45, 2.75) is 13.3 Å². The van der Waals surface area contributed by atoms with E-state index < -0.39 is 0 Å². The second-order valence-corrected chi connectivity index (χ2v) is 5.08. The Hall–Kier alpha value is -2.54. The van der Waals surface area contributed by atoms with Gasteiger partial charge in [0.2, 0.25) is 0 Å². The number of rotatable bonds is 3. The number of para-hydroxylation sites is 1. The Morgan fingerprint density at radius 1 is 0.667 bits per heavy atom. The van der Waals surface area contributed by atoms with Gasteiger partial charge in [0, 0.05) is 11.1 Å². The van der Waals surface area contributed by atoms with Crippen LogP contribution in [0.2, 0.25) is 0 Å². The van der Waals surface area contributed by atoms with Crippen LogP contribution in [-0.4, -0.2) is 5.11 Å². The average molecular weight is 274 g/mol. The molecule has 0 heterocycles. The predicted molar refractivity (Wildman–Crippen MR) is 88.4 cm³/mol. The molecule has 0 bridgehead atoms. The molecule has 0 fully saturated rings. The van der Waals surface area contributed by atoms with Crippen LogP contribution in [0.5, 0.6) is 5.75 Å². The van der Waals surface area contributed by atoms with Gasteiger partial charge in [-0.1, -0.05) is 79.7 Å². The Balaban J connectivity index is 2.18. The maximum atomic E-state index is 10.7. The molecule has 21 heavy (non-hydrogen) atoms. The molecular weight excluding hydrogens is 256 g/mol. The van der Waals surface area contributed by atoms with Gasteiger partial charge in [-0.25, -0.2) is 0 Å². The second-order valence-electron chi connectivity index (χ2n) is 5.08. The zero-order chi connectivity index (χ0) is 14.7. The van der Waals surface area contributed by atoms with Gasteiger partial charge in [-0.2, -0.15) is 0 Å². The maximum Gasteiger partial charge on any atom is 0.131 e. The summed E-state index contributed by atoms with van der Waals surface area (Å²) in [5.41, 5.74) is 5.16. The number of aromatic hydroxyl groups is 1. The minimum Gasteiger partial charge on any atom is -0.507 e. The molecule has 1 nitrogen and oxygen atoms in total. The van der Waals surface area contributed by atoms with Crippen LogP contribution >= 0.6 is 0 Å². The summed E-state index contributed by atoms with van der Waals surface area (Å²) >= 11 is 0. The lowest BCUT2D eigenvalue weighted by Crippen LogP contribution is -1.89. The molecule has 0 atom stereocenters. The van der Waals surface area contributed by atoms with E-state index in [1.54, 1.807) is 0 Å². The van der Waals surface area contributed by atoms with Gasteiger partial charge in [-0.05, 0) is 23.1 Å². The van der Waals surface area contributed by atoms with Gasteiger partial charge in [0.05, 0.1) is 0 Å². The standard InChI is InChI=1S/C20H18O/c1-2-15-9-6-7-12-17(15)19-14-8-13-18(20(19)21)16-10-4-3-5-11-16/h3-14,21H,2H2,1H3. The molecule has 0 aliphatic rings. The second kappa shape index (κ2) is 5.84. The van der Waals surface area contributed by atoms with Crippen LogP contribution in [-0.2, 0) is 6.42 Å². The van der Waals surface area contributed by atoms with E-state index in [1.165, 1.54) is 5.56 Å². The fraction of sp³-hybridized carbons (Fsp3) is 0.100. The summed E-state index contributed by atoms with van der Waals surface area (Å²) in [5.74, 6) is 0.351. The summed E-state index contributed by atoms with van der Waals surface area (Å²) in [5, 5.41) is 10.7. The highest BCUT2D eigenvalue weighted by Gasteiger charge is 2.12. The number of phenolic OH excluding ortho intramolecular Hbond substituents is 1. The van der Waals surface area contributed by atoms with Crippen LogP contribution in [0.25, 0.3) is 22.3 Å². The summed E-state index contributed by atoms with van der Waals surface area (Å²) in [4.78, 5) is 0. The van der Waals surface area contributed by atoms with E-state index in [2.05, 4.69) is 19.1 Å². The Bertz CT molecular complexity index is 745. The molecule has 0 saturated heterocycles. The molecular formula is C20H18O. The van der Waals surface area contributed by atoms with E-state index in [0.29, 0.717) is 5.75 Å². The van der Waals surface area contributed by atoms with Gasteiger partial charge < -0.3 is 5.11 Å². The molecule has 3 rings (SSSR count). The van der Waals surface area contributed by atoms with Crippen LogP contribution in [0, 0.1) is 0 Å². The first-order valence-electron chi connectivity index (χ1n) is 7.27. The molecule has 1 N–H and O–H groups in total. The molecule has 0 saturated carbocycles. The fourth-order valence-corrected chi connectivity index (χ4v) is 2.70. The molecule has 0 spiro atoms. The van der Waals surface area contributed by atoms with E-state index in [4.69, 9.17) is 0 Å². The summed E-state index contributed by atoms with van der Waals surface area (Å²) in [6, 6.07) is 24.2. The lowest BCUT2D eigenvalue weighted by Gasteiger charge is -2.13. The summed E-state index contributed by atoms with van der Waals surface area (Å²) < 4.78 is 0. The normalized spacial score (nSPS) is 10.5. The van der Waals surface area contributed by atoms with Gasteiger partial charge in [-0.15, -0.1) is 0 Å². The molecule has 0 aliphatic heterocycles. The van der Waals surface area contributed by atoms with Gasteiger partial charge in [0.25, 0.3) is 0 Å². The highest BCUT2D eigenvalue weighted by molar-refractivity contribution is 5.83. The highest BCUT2D eigenvalue weighted by atomic mass is 16.3. The van der Waals surface area contributed by atoms with Crippen molar-refractivity contribution in [2.75, 3.05) is 0 Å². The number of benzene rings is 3. The molecule has 0 amide bonds. The predicted octanol–water partition coefficient (Wildman–Crippen LogP) is 5.29. The van der Waals surface area contributed by atoms with Crippen molar-refractivity contribution in [2.24, 2.45) is 0 Å². The van der Waals surface area contributed by atoms with Crippen LogP contribution in [0.3, 0.4) is 0 Å². The minimum atomic E-state index is 0.351. The molecule has 0 aromatic heterocycles. The minimum absolute atomic E-state index is 0.351. The zero-order valence-electron chi connectivity index (χ0n) is 12.1. The first kappa shape index (κ1) is 13.4. The van der Waals surface area contributed by atoms with Crippen molar-refractivity contribution < 1.29 is 5.11 Å². The van der Waals surface area contributed by atoms with E-state index in [0.717, 1.165) is 28.7 Å². The van der Waals surface area contributed by atoms with E-state index in [9.17, 15) is 5.11 Å². The van der Waals surface area contributed by atoms with Crippen molar-refractivity contribution in [3.63, 3.8) is 0 Å². The first-order chi connectivity index (χ1) is 10.3. The van der Waals surface area contributed by atoms with Crippen molar-refractivity contribution in [1.82, 2.24) is 0 Å². The van der Waals surface area contributed by atoms with E-state index in [1.807, 2.05) is 60.7 Å². The van der Waals surface area contributed by atoms with Gasteiger partial charge in [0.15, 0.2) is 0 Å². The SMILES string of the molecule is CCc1ccccc1-c1cccc(-c2ccccc2)c1O. The largest absolute Gasteiger partial charge is 0.507 e. The van der Waals surface area contributed by atoms with Crippen LogP contribution < -0.4 is 0 Å². The van der Waals surface area contributed by atoms with Crippen molar-refractivity contribution in [3.8, 4) is 28.0 Å². The Morgan fingerprint density at radius 2 is 1.29 bits per heavy atom. The molecule has 0 radical (unpaired) electrons. The molecule has 3 aromatic rings. The zero-order valence-corrected chi connectivity index (χ0v) is 12.1. The molecule has 1 heteroatoms. The molecule has 3 aromatic carbocycles. The highest BCUT2D eigenvalue weighted by Crippen LogP contribution is 2.39. The number of aryl methyl sites for hydroxylation is 1. The van der Waals surface area contributed by atoms with Crippen LogP contribution in [0.15, 0.2) is 72.8 Å². The lowest BCUT2D eigenvalue weighted by molar-refractivity contribution is 0.479. The summed E-state index contributed by atoms with van der Waals surface area (Å²) in [6.07, 6.45) is 0.950. The molecule has 0 unspecified atom stereocenters. The topological polar surface area (TPSA) is 20.2 Å². The third-order valence-electron chi connectivity index (χ3n) is 3.81. The van der Waals surface area contributed by atoms with Crippen LogP contribution in [0.1, 0.15) is 12.5 Å². The number of hydrogen-bond acceptors (Lipinski definition) is 1. The van der Waals surface area contributed by atoms with Crippen molar-refractivity contribution >= 4 is 0 Å².